The van der Waals surface area contributed by atoms with Gasteiger partial charge in [0.05, 0.1) is 19.2 Å². The maximum Gasteiger partial charge on any atom is 0.163 e. The Morgan fingerprint density at radius 2 is 1.88 bits per heavy atom. The number of benzene rings is 1. The lowest BCUT2D eigenvalue weighted by atomic mass is 10.1. The molecule has 0 atom stereocenters. The van der Waals surface area contributed by atoms with Crippen molar-refractivity contribution in [2.45, 2.75) is 51.9 Å². The van der Waals surface area contributed by atoms with E-state index in [1.165, 1.54) is 51.6 Å². The van der Waals surface area contributed by atoms with Gasteiger partial charge < -0.3 is 24.1 Å². The number of methoxy groups -OCH3 is 1. The first-order valence-electron chi connectivity index (χ1n) is 12.9. The zero-order valence-corrected chi connectivity index (χ0v) is 20.6. The summed E-state index contributed by atoms with van der Waals surface area (Å²) in [5.41, 5.74) is 2.79. The molecule has 6 nitrogen and oxygen atoms in total. The van der Waals surface area contributed by atoms with Gasteiger partial charge in [0.25, 0.3) is 0 Å². The fourth-order valence-electron chi connectivity index (χ4n) is 5.30. The molecule has 0 radical (unpaired) electrons. The van der Waals surface area contributed by atoms with Crippen LogP contribution in [0.5, 0.6) is 11.5 Å². The van der Waals surface area contributed by atoms with Crippen LogP contribution in [0.2, 0.25) is 0 Å². The molecular weight excluding hydrogens is 426 g/mol. The summed E-state index contributed by atoms with van der Waals surface area (Å²) in [7, 11) is 1.71. The Morgan fingerprint density at radius 1 is 1.06 bits per heavy atom. The van der Waals surface area contributed by atoms with Gasteiger partial charge in [0.1, 0.15) is 11.5 Å². The van der Waals surface area contributed by atoms with Gasteiger partial charge in [-0.1, -0.05) is 12.8 Å². The van der Waals surface area contributed by atoms with Crippen LogP contribution in [0.1, 0.15) is 50.7 Å². The van der Waals surface area contributed by atoms with Gasteiger partial charge in [0.15, 0.2) is 17.3 Å². The largest absolute Gasteiger partial charge is 0.493 e. The molecule has 3 aromatic rings. The number of pyridine rings is 1. The number of hydrogen-bond acceptors (Lipinski definition) is 6. The van der Waals surface area contributed by atoms with Crippen LogP contribution in [0.3, 0.4) is 0 Å². The number of nitrogens with one attached hydrogen (secondary N) is 1. The van der Waals surface area contributed by atoms with E-state index < -0.39 is 0 Å². The molecule has 3 heterocycles. The molecule has 0 bridgehead atoms. The van der Waals surface area contributed by atoms with Crippen molar-refractivity contribution < 1.29 is 13.9 Å². The van der Waals surface area contributed by atoms with E-state index in [0.29, 0.717) is 6.61 Å². The number of likely N-dealkylation sites (tertiary alicyclic amines) is 1. The van der Waals surface area contributed by atoms with Crippen LogP contribution in [0.4, 0.5) is 5.69 Å². The van der Waals surface area contributed by atoms with Crippen molar-refractivity contribution in [2.75, 3.05) is 45.2 Å². The van der Waals surface area contributed by atoms with Crippen molar-refractivity contribution in [2.24, 2.45) is 5.92 Å². The van der Waals surface area contributed by atoms with Crippen LogP contribution in [0.15, 0.2) is 34.7 Å². The molecule has 6 heteroatoms. The second kappa shape index (κ2) is 10.7. The molecule has 2 fully saturated rings. The van der Waals surface area contributed by atoms with Gasteiger partial charge in [-0.15, -0.1) is 0 Å². The van der Waals surface area contributed by atoms with Crippen molar-refractivity contribution in [3.8, 4) is 23.0 Å². The zero-order valence-electron chi connectivity index (χ0n) is 20.6. The number of aromatic nitrogens is 1. The van der Waals surface area contributed by atoms with Crippen LogP contribution < -0.4 is 14.8 Å². The molecule has 1 N–H and O–H groups in total. The van der Waals surface area contributed by atoms with Gasteiger partial charge in [0.2, 0.25) is 0 Å². The van der Waals surface area contributed by atoms with Gasteiger partial charge in [0, 0.05) is 30.2 Å². The van der Waals surface area contributed by atoms with E-state index >= 15 is 0 Å². The van der Waals surface area contributed by atoms with Crippen molar-refractivity contribution >= 4 is 16.6 Å². The molecule has 2 aromatic heterocycles. The lowest BCUT2D eigenvalue weighted by Crippen LogP contribution is -2.21. The van der Waals surface area contributed by atoms with E-state index in [4.69, 9.17) is 18.9 Å². The van der Waals surface area contributed by atoms with Gasteiger partial charge in [-0.25, -0.2) is 4.98 Å². The summed E-state index contributed by atoms with van der Waals surface area (Å²) in [6.07, 6.45) is 8.94. The third-order valence-electron chi connectivity index (χ3n) is 7.22. The van der Waals surface area contributed by atoms with Gasteiger partial charge >= 0.3 is 0 Å². The second-order valence-electron chi connectivity index (χ2n) is 9.77. The summed E-state index contributed by atoms with van der Waals surface area (Å²) in [4.78, 5) is 7.47. The van der Waals surface area contributed by atoms with E-state index in [2.05, 4.69) is 22.3 Å². The van der Waals surface area contributed by atoms with Crippen molar-refractivity contribution in [3.63, 3.8) is 0 Å². The van der Waals surface area contributed by atoms with Gasteiger partial charge in [-0.3, -0.25) is 0 Å². The monoisotopic (exact) mass is 463 g/mol. The number of anilines is 1. The molecule has 1 saturated carbocycles. The van der Waals surface area contributed by atoms with Crippen LogP contribution in [-0.4, -0.2) is 49.8 Å². The van der Waals surface area contributed by atoms with E-state index in [1.807, 2.05) is 25.1 Å². The number of ether oxygens (including phenoxy) is 2. The Balaban J connectivity index is 1.41. The van der Waals surface area contributed by atoms with E-state index in [-0.39, 0.29) is 0 Å². The maximum atomic E-state index is 6.19. The summed E-state index contributed by atoms with van der Waals surface area (Å²) in [6.45, 7) is 7.13. The number of nitrogens with zero attached hydrogens (tertiary/aromatic N) is 2. The average molecular weight is 464 g/mol. The van der Waals surface area contributed by atoms with E-state index in [9.17, 15) is 0 Å². The third kappa shape index (κ3) is 5.33. The van der Waals surface area contributed by atoms with Crippen molar-refractivity contribution in [3.05, 3.63) is 36.1 Å². The van der Waals surface area contributed by atoms with Gasteiger partial charge in [-0.05, 0) is 82.3 Å². The Labute approximate surface area is 202 Å². The molecular formula is C28H37N3O3. The van der Waals surface area contributed by atoms with E-state index in [1.54, 1.807) is 7.11 Å². The number of furan rings is 1. The first-order valence-corrected chi connectivity index (χ1v) is 12.9. The number of hydrogen-bond donors (Lipinski definition) is 1. The van der Waals surface area contributed by atoms with Crippen LogP contribution in [-0.2, 0) is 0 Å². The van der Waals surface area contributed by atoms with Crippen LogP contribution in [0, 0.1) is 12.8 Å². The minimum absolute atomic E-state index is 0.669. The zero-order chi connectivity index (χ0) is 23.3. The Bertz CT molecular complexity index is 1100. The molecule has 5 rings (SSSR count). The molecule has 0 unspecified atom stereocenters. The van der Waals surface area contributed by atoms with E-state index in [0.717, 1.165) is 70.7 Å². The Kier molecular flexibility index (Phi) is 7.24. The Morgan fingerprint density at radius 3 is 2.62 bits per heavy atom. The Hall–Kier alpha value is -2.73. The highest BCUT2D eigenvalue weighted by molar-refractivity contribution is 5.95. The summed E-state index contributed by atoms with van der Waals surface area (Å²) in [6, 6.07) is 10.2. The smallest absolute Gasteiger partial charge is 0.163 e. The summed E-state index contributed by atoms with van der Waals surface area (Å²) >= 11 is 0. The topological polar surface area (TPSA) is 59.8 Å². The summed E-state index contributed by atoms with van der Waals surface area (Å²) in [5.74, 6) is 3.90. The molecule has 1 saturated heterocycles. The average Bonchev–Trinajstić information content (AvgIpc) is 3.63. The first-order chi connectivity index (χ1) is 16.7. The molecule has 2 aliphatic rings. The maximum absolute atomic E-state index is 6.19. The first kappa shape index (κ1) is 23.0. The van der Waals surface area contributed by atoms with Crippen molar-refractivity contribution in [1.29, 1.82) is 0 Å². The predicted molar refractivity (Wildman–Crippen MR) is 137 cm³/mol. The van der Waals surface area contributed by atoms with Crippen molar-refractivity contribution in [1.82, 2.24) is 9.88 Å². The molecule has 34 heavy (non-hydrogen) atoms. The number of aryl methyl sites for hydroxylation is 1. The van der Waals surface area contributed by atoms with Crippen LogP contribution >= 0.6 is 0 Å². The molecule has 182 valence electrons. The highest BCUT2D eigenvalue weighted by Gasteiger charge is 2.18. The normalized spacial score (nSPS) is 17.0. The molecule has 1 aliphatic heterocycles. The molecule has 1 aromatic carbocycles. The fourth-order valence-corrected chi connectivity index (χ4v) is 5.30. The molecule has 1 aliphatic carbocycles. The number of fused-ring (bicyclic) bond motifs is 1. The van der Waals surface area contributed by atoms with Gasteiger partial charge in [-0.2, -0.15) is 0 Å². The molecule has 0 spiro atoms. The lowest BCUT2D eigenvalue weighted by molar-refractivity contribution is 0.254. The highest BCUT2D eigenvalue weighted by Crippen LogP contribution is 2.37. The van der Waals surface area contributed by atoms with Crippen LogP contribution in [0.25, 0.3) is 22.4 Å². The quantitative estimate of drug-likeness (QED) is 0.357. The highest BCUT2D eigenvalue weighted by atomic mass is 16.5. The molecule has 0 amide bonds. The summed E-state index contributed by atoms with van der Waals surface area (Å²) in [5, 5.41) is 4.76. The SMILES string of the molecule is COc1cc2c(NCC3CCCC3)cc(-c3ccc(C)o3)nc2cc1OCCCN1CCCC1. The second-order valence-corrected chi connectivity index (χ2v) is 9.77. The minimum atomic E-state index is 0.669. The third-order valence-corrected chi connectivity index (χ3v) is 7.22. The minimum Gasteiger partial charge on any atom is -0.493 e. The standard InChI is InChI=1S/C28H37N3O3/c1-20-10-11-26(34-20)25-17-23(29-19-21-8-3-4-9-21)22-16-27(32-2)28(18-24(22)30-25)33-15-7-14-31-12-5-6-13-31/h10-11,16-18,21H,3-9,12-15,19H2,1-2H3,(H,29,30). The lowest BCUT2D eigenvalue weighted by Gasteiger charge is -2.18. The fraction of sp³-hybridized carbons (Fsp3) is 0.536. The summed E-state index contributed by atoms with van der Waals surface area (Å²) < 4.78 is 17.8. The predicted octanol–water partition coefficient (Wildman–Crippen LogP) is 6.28. The number of rotatable bonds is 10.